The molecule has 0 spiro atoms. The van der Waals surface area contributed by atoms with Crippen LogP contribution >= 0.6 is 15.9 Å². The molecule has 0 aliphatic rings. The molecule has 2 rings (SSSR count). The first-order valence-corrected chi connectivity index (χ1v) is 6.40. The van der Waals surface area contributed by atoms with Crippen molar-refractivity contribution >= 4 is 15.9 Å². The van der Waals surface area contributed by atoms with Gasteiger partial charge in [0.25, 0.3) is 0 Å². The molecule has 106 valence electrons. The molecule has 0 amide bonds. The van der Waals surface area contributed by atoms with Gasteiger partial charge in [-0.3, -0.25) is 0 Å². The number of ether oxygens (including phenoxy) is 1. The highest BCUT2D eigenvalue weighted by Gasteiger charge is 2.38. The van der Waals surface area contributed by atoms with Gasteiger partial charge < -0.3 is 4.74 Å². The zero-order chi connectivity index (χ0) is 14.8. The van der Waals surface area contributed by atoms with Gasteiger partial charge in [-0.15, -0.1) is 0 Å². The van der Waals surface area contributed by atoms with Crippen molar-refractivity contribution in [1.82, 2.24) is 0 Å². The minimum Gasteiger partial charge on any atom is -0.488 e. The number of alkyl halides is 3. The molecule has 0 fully saturated rings. The normalized spacial score (nSPS) is 11.4. The van der Waals surface area contributed by atoms with E-state index in [0.717, 1.165) is 12.1 Å². The minimum absolute atomic E-state index is 0.0696. The molecule has 0 aromatic heterocycles. The Labute approximate surface area is 121 Å². The van der Waals surface area contributed by atoms with Crippen molar-refractivity contribution in [1.29, 1.82) is 0 Å². The summed E-state index contributed by atoms with van der Waals surface area (Å²) >= 11 is 2.95. The van der Waals surface area contributed by atoms with E-state index < -0.39 is 23.3 Å². The Hall–Kier alpha value is -1.56. The molecule has 2 aromatic rings. The third-order valence-electron chi connectivity index (χ3n) is 2.54. The van der Waals surface area contributed by atoms with Crippen molar-refractivity contribution in [3.8, 4) is 5.75 Å². The van der Waals surface area contributed by atoms with E-state index in [1.54, 1.807) is 30.3 Å². The second-order valence-electron chi connectivity index (χ2n) is 4.03. The van der Waals surface area contributed by atoms with Crippen LogP contribution in [0, 0.1) is 5.82 Å². The van der Waals surface area contributed by atoms with E-state index in [1.807, 2.05) is 0 Å². The van der Waals surface area contributed by atoms with Crippen LogP contribution in [0.3, 0.4) is 0 Å². The van der Waals surface area contributed by atoms with Crippen LogP contribution < -0.4 is 4.74 Å². The van der Waals surface area contributed by atoms with Gasteiger partial charge in [0.15, 0.2) is 0 Å². The van der Waals surface area contributed by atoms with Crippen molar-refractivity contribution in [2.45, 2.75) is 12.8 Å². The number of halogens is 5. The largest absolute Gasteiger partial charge is 0.488 e. The molecule has 20 heavy (non-hydrogen) atoms. The zero-order valence-electron chi connectivity index (χ0n) is 10.0. The standard InChI is InChI=1S/C14H9BrF4O/c15-10-6-11(16)13(14(17,18)19)12(7-10)20-8-9-4-2-1-3-5-9/h1-7H,8H2. The number of hydrogen-bond acceptors (Lipinski definition) is 1. The van der Waals surface area contributed by atoms with Crippen LogP contribution in [0.2, 0.25) is 0 Å². The molecule has 0 aliphatic heterocycles. The monoisotopic (exact) mass is 348 g/mol. The van der Waals surface area contributed by atoms with Crippen molar-refractivity contribution in [2.24, 2.45) is 0 Å². The molecular weight excluding hydrogens is 340 g/mol. The summed E-state index contributed by atoms with van der Waals surface area (Å²) in [4.78, 5) is 0. The second kappa shape index (κ2) is 5.83. The highest BCUT2D eigenvalue weighted by Crippen LogP contribution is 2.40. The van der Waals surface area contributed by atoms with E-state index in [2.05, 4.69) is 15.9 Å². The lowest BCUT2D eigenvalue weighted by Crippen LogP contribution is -2.11. The van der Waals surface area contributed by atoms with Crippen LogP contribution in [0.4, 0.5) is 17.6 Å². The molecular formula is C14H9BrF4O. The summed E-state index contributed by atoms with van der Waals surface area (Å²) in [5.41, 5.74) is -0.697. The SMILES string of the molecule is Fc1cc(Br)cc(OCc2ccccc2)c1C(F)(F)F. The molecule has 0 aliphatic carbocycles. The predicted octanol–water partition coefficient (Wildman–Crippen LogP) is 5.19. The second-order valence-corrected chi connectivity index (χ2v) is 4.95. The maximum Gasteiger partial charge on any atom is 0.422 e. The molecule has 0 unspecified atom stereocenters. The minimum atomic E-state index is -4.81. The molecule has 2 aromatic carbocycles. The average molecular weight is 349 g/mol. The van der Waals surface area contributed by atoms with Crippen LogP contribution in [0.15, 0.2) is 46.9 Å². The average Bonchev–Trinajstić information content (AvgIpc) is 2.35. The quantitative estimate of drug-likeness (QED) is 0.694. The Morgan fingerprint density at radius 2 is 1.70 bits per heavy atom. The van der Waals surface area contributed by atoms with E-state index in [4.69, 9.17) is 4.74 Å². The Balaban J connectivity index is 2.31. The van der Waals surface area contributed by atoms with Gasteiger partial charge in [0.1, 0.15) is 23.7 Å². The van der Waals surface area contributed by atoms with Crippen LogP contribution in [0.5, 0.6) is 5.75 Å². The van der Waals surface area contributed by atoms with Crippen LogP contribution in [0.25, 0.3) is 0 Å². The van der Waals surface area contributed by atoms with Crippen molar-refractivity contribution in [3.05, 3.63) is 63.9 Å². The van der Waals surface area contributed by atoms with Crippen molar-refractivity contribution in [3.63, 3.8) is 0 Å². The topological polar surface area (TPSA) is 9.23 Å². The smallest absolute Gasteiger partial charge is 0.422 e. The van der Waals surface area contributed by atoms with E-state index in [-0.39, 0.29) is 11.1 Å². The molecule has 0 saturated carbocycles. The first-order valence-electron chi connectivity index (χ1n) is 5.61. The van der Waals surface area contributed by atoms with Crippen LogP contribution in [-0.2, 0) is 12.8 Å². The lowest BCUT2D eigenvalue weighted by molar-refractivity contribution is -0.141. The van der Waals surface area contributed by atoms with E-state index >= 15 is 0 Å². The fourth-order valence-electron chi connectivity index (χ4n) is 1.67. The summed E-state index contributed by atoms with van der Waals surface area (Å²) in [5, 5.41) is 0. The fraction of sp³-hybridized carbons (Fsp3) is 0.143. The number of rotatable bonds is 3. The maximum absolute atomic E-state index is 13.5. The van der Waals surface area contributed by atoms with Gasteiger partial charge in [-0.2, -0.15) is 13.2 Å². The number of benzene rings is 2. The summed E-state index contributed by atoms with van der Waals surface area (Å²) in [6, 6.07) is 10.6. The third kappa shape index (κ3) is 3.50. The molecule has 0 atom stereocenters. The summed E-state index contributed by atoms with van der Waals surface area (Å²) in [6.45, 7) is -0.0696. The molecule has 1 nitrogen and oxygen atoms in total. The highest BCUT2D eigenvalue weighted by molar-refractivity contribution is 9.10. The molecule has 0 N–H and O–H groups in total. The van der Waals surface area contributed by atoms with Gasteiger partial charge in [-0.1, -0.05) is 46.3 Å². The Morgan fingerprint density at radius 1 is 1.05 bits per heavy atom. The van der Waals surface area contributed by atoms with Crippen LogP contribution in [-0.4, -0.2) is 0 Å². The van der Waals surface area contributed by atoms with Crippen LogP contribution in [0.1, 0.15) is 11.1 Å². The van der Waals surface area contributed by atoms with Crippen molar-refractivity contribution < 1.29 is 22.3 Å². The lowest BCUT2D eigenvalue weighted by Gasteiger charge is -2.15. The maximum atomic E-state index is 13.5. The summed E-state index contributed by atoms with van der Waals surface area (Å²) in [7, 11) is 0. The zero-order valence-corrected chi connectivity index (χ0v) is 11.6. The van der Waals surface area contributed by atoms with Gasteiger partial charge in [-0.05, 0) is 17.7 Å². The fourth-order valence-corrected chi connectivity index (χ4v) is 2.08. The lowest BCUT2D eigenvalue weighted by atomic mass is 10.1. The Morgan fingerprint density at radius 3 is 2.30 bits per heavy atom. The van der Waals surface area contributed by atoms with Gasteiger partial charge in [0.05, 0.1) is 0 Å². The van der Waals surface area contributed by atoms with E-state index in [0.29, 0.717) is 5.56 Å². The number of hydrogen-bond donors (Lipinski definition) is 0. The molecule has 0 radical (unpaired) electrons. The Kier molecular flexibility index (Phi) is 4.32. The van der Waals surface area contributed by atoms with Gasteiger partial charge >= 0.3 is 6.18 Å². The predicted molar refractivity (Wildman–Crippen MR) is 69.9 cm³/mol. The molecule has 0 bridgehead atoms. The first kappa shape index (κ1) is 14.8. The van der Waals surface area contributed by atoms with Crippen molar-refractivity contribution in [2.75, 3.05) is 0 Å². The van der Waals surface area contributed by atoms with Gasteiger partial charge in [0, 0.05) is 4.47 Å². The third-order valence-corrected chi connectivity index (χ3v) is 3.00. The van der Waals surface area contributed by atoms with E-state index in [9.17, 15) is 17.6 Å². The summed E-state index contributed by atoms with van der Waals surface area (Å²) < 4.78 is 57.3. The summed E-state index contributed by atoms with van der Waals surface area (Å²) in [6.07, 6.45) is -4.81. The van der Waals surface area contributed by atoms with E-state index in [1.165, 1.54) is 0 Å². The first-order chi connectivity index (χ1) is 9.38. The molecule has 0 saturated heterocycles. The molecule has 0 heterocycles. The van der Waals surface area contributed by atoms with Gasteiger partial charge in [-0.25, -0.2) is 4.39 Å². The Bertz CT molecular complexity index is 596. The molecule has 6 heteroatoms. The highest BCUT2D eigenvalue weighted by atomic mass is 79.9. The summed E-state index contributed by atoms with van der Waals surface area (Å²) in [5.74, 6) is -1.90. The van der Waals surface area contributed by atoms with Gasteiger partial charge in [0.2, 0.25) is 0 Å².